The minimum atomic E-state index is -1.13. The van der Waals surface area contributed by atoms with Crippen molar-refractivity contribution >= 4 is 40.8 Å². The first-order valence-electron chi connectivity index (χ1n) is 5.40. The number of carboxylic acid groups (broad SMARTS) is 1. The molecule has 0 radical (unpaired) electrons. The zero-order valence-electron chi connectivity index (χ0n) is 9.83. The Labute approximate surface area is 128 Å². The number of aliphatic carboxylic acids is 1. The molecular formula is C13H7Cl3FNO2. The van der Waals surface area contributed by atoms with Crippen molar-refractivity contribution in [1.82, 2.24) is 4.98 Å². The van der Waals surface area contributed by atoms with Gasteiger partial charge < -0.3 is 5.11 Å². The van der Waals surface area contributed by atoms with Crippen LogP contribution < -0.4 is 0 Å². The van der Waals surface area contributed by atoms with Crippen molar-refractivity contribution in [3.63, 3.8) is 0 Å². The lowest BCUT2D eigenvalue weighted by Crippen LogP contribution is -2.04. The van der Waals surface area contributed by atoms with Crippen molar-refractivity contribution in [3.05, 3.63) is 50.8 Å². The lowest BCUT2D eigenvalue weighted by Gasteiger charge is -2.07. The highest BCUT2D eigenvalue weighted by atomic mass is 35.5. The van der Waals surface area contributed by atoms with Crippen LogP contribution in [0.3, 0.4) is 0 Å². The van der Waals surface area contributed by atoms with Gasteiger partial charge in [0.15, 0.2) is 0 Å². The monoisotopic (exact) mass is 333 g/mol. The molecule has 0 saturated carbocycles. The standard InChI is InChI=1S/C13H7Cl3FNO2/c14-8-3-7(4-9(15)12(8)16)10-2-1-6(5-11(19)20)13(17)18-10/h1-4H,5H2,(H,19,20). The first kappa shape index (κ1) is 15.0. The predicted octanol–water partition coefficient (Wildman–Crippen LogP) is 4.48. The molecule has 2 aromatic rings. The fraction of sp³-hybridized carbons (Fsp3) is 0.0769. The number of carbonyl (C=O) groups is 1. The third-order valence-electron chi connectivity index (χ3n) is 2.55. The Morgan fingerprint density at radius 1 is 1.20 bits per heavy atom. The Morgan fingerprint density at radius 2 is 1.80 bits per heavy atom. The maximum Gasteiger partial charge on any atom is 0.307 e. The van der Waals surface area contributed by atoms with Crippen LogP contribution in [0.4, 0.5) is 4.39 Å². The normalized spacial score (nSPS) is 10.6. The largest absolute Gasteiger partial charge is 0.481 e. The maximum atomic E-state index is 13.7. The Bertz CT molecular complexity index is 668. The minimum Gasteiger partial charge on any atom is -0.481 e. The van der Waals surface area contributed by atoms with Crippen molar-refractivity contribution < 1.29 is 14.3 Å². The van der Waals surface area contributed by atoms with Crippen LogP contribution in [0.2, 0.25) is 15.1 Å². The van der Waals surface area contributed by atoms with E-state index in [1.54, 1.807) is 0 Å². The van der Waals surface area contributed by atoms with Crippen molar-refractivity contribution in [3.8, 4) is 11.3 Å². The molecule has 0 unspecified atom stereocenters. The van der Waals surface area contributed by atoms with Gasteiger partial charge in [0.2, 0.25) is 5.95 Å². The highest BCUT2D eigenvalue weighted by Gasteiger charge is 2.12. The molecule has 1 aromatic carbocycles. The van der Waals surface area contributed by atoms with Crippen LogP contribution in [0.15, 0.2) is 24.3 Å². The number of aromatic nitrogens is 1. The molecule has 0 fully saturated rings. The lowest BCUT2D eigenvalue weighted by atomic mass is 10.1. The molecule has 20 heavy (non-hydrogen) atoms. The smallest absolute Gasteiger partial charge is 0.307 e. The van der Waals surface area contributed by atoms with E-state index in [9.17, 15) is 9.18 Å². The Kier molecular flexibility index (Phi) is 4.48. The molecule has 3 nitrogen and oxygen atoms in total. The first-order valence-corrected chi connectivity index (χ1v) is 6.54. The molecule has 0 saturated heterocycles. The van der Waals surface area contributed by atoms with Crippen LogP contribution in [-0.4, -0.2) is 16.1 Å². The molecule has 0 amide bonds. The Balaban J connectivity index is 2.44. The zero-order valence-corrected chi connectivity index (χ0v) is 12.1. The number of hydrogen-bond acceptors (Lipinski definition) is 2. The first-order chi connectivity index (χ1) is 9.38. The van der Waals surface area contributed by atoms with Crippen LogP contribution in [0.5, 0.6) is 0 Å². The molecule has 2 rings (SSSR count). The van der Waals surface area contributed by atoms with Crippen molar-refractivity contribution in [1.29, 1.82) is 0 Å². The van der Waals surface area contributed by atoms with Gasteiger partial charge in [-0.05, 0) is 18.2 Å². The average molecular weight is 335 g/mol. The molecule has 1 heterocycles. The third kappa shape index (κ3) is 3.20. The number of carboxylic acids is 1. The topological polar surface area (TPSA) is 50.2 Å². The van der Waals surface area contributed by atoms with E-state index in [1.165, 1.54) is 24.3 Å². The van der Waals surface area contributed by atoms with E-state index < -0.39 is 18.3 Å². The number of rotatable bonds is 3. The van der Waals surface area contributed by atoms with E-state index in [1.807, 2.05) is 0 Å². The fourth-order valence-corrected chi connectivity index (χ4v) is 2.22. The summed E-state index contributed by atoms with van der Waals surface area (Å²) in [6.45, 7) is 0. The fourth-order valence-electron chi connectivity index (χ4n) is 1.62. The molecule has 104 valence electrons. The lowest BCUT2D eigenvalue weighted by molar-refractivity contribution is -0.136. The van der Waals surface area contributed by atoms with Gasteiger partial charge in [0.1, 0.15) is 0 Å². The Morgan fingerprint density at radius 3 is 2.30 bits per heavy atom. The van der Waals surface area contributed by atoms with Gasteiger partial charge in [0, 0.05) is 11.1 Å². The van der Waals surface area contributed by atoms with Gasteiger partial charge in [-0.1, -0.05) is 40.9 Å². The highest BCUT2D eigenvalue weighted by Crippen LogP contribution is 2.34. The number of nitrogens with zero attached hydrogens (tertiary/aromatic N) is 1. The van der Waals surface area contributed by atoms with Crippen LogP contribution in [0, 0.1) is 5.95 Å². The van der Waals surface area contributed by atoms with Gasteiger partial charge in [-0.15, -0.1) is 0 Å². The summed E-state index contributed by atoms with van der Waals surface area (Å²) >= 11 is 17.6. The summed E-state index contributed by atoms with van der Waals surface area (Å²) in [5.74, 6) is -1.97. The quantitative estimate of drug-likeness (QED) is 0.665. The summed E-state index contributed by atoms with van der Waals surface area (Å²) in [5.41, 5.74) is 0.787. The molecule has 0 aliphatic heterocycles. The van der Waals surface area contributed by atoms with E-state index in [0.29, 0.717) is 5.56 Å². The second-order valence-corrected chi connectivity index (χ2v) is 5.16. The number of pyridine rings is 1. The van der Waals surface area contributed by atoms with Crippen LogP contribution >= 0.6 is 34.8 Å². The maximum absolute atomic E-state index is 13.7. The summed E-state index contributed by atoms with van der Waals surface area (Å²) in [7, 11) is 0. The van der Waals surface area contributed by atoms with Crippen molar-refractivity contribution in [2.24, 2.45) is 0 Å². The molecule has 1 N–H and O–H groups in total. The van der Waals surface area contributed by atoms with E-state index in [4.69, 9.17) is 39.9 Å². The van der Waals surface area contributed by atoms with Crippen LogP contribution in [0.25, 0.3) is 11.3 Å². The second kappa shape index (κ2) is 5.95. The SMILES string of the molecule is O=C(O)Cc1ccc(-c2cc(Cl)c(Cl)c(Cl)c2)nc1F. The molecule has 0 aliphatic carbocycles. The number of benzene rings is 1. The molecule has 0 spiro atoms. The van der Waals surface area contributed by atoms with Gasteiger partial charge in [0.05, 0.1) is 27.2 Å². The van der Waals surface area contributed by atoms with Crippen LogP contribution in [0.1, 0.15) is 5.56 Å². The average Bonchev–Trinajstić information content (AvgIpc) is 2.37. The van der Waals surface area contributed by atoms with Crippen LogP contribution in [-0.2, 0) is 11.2 Å². The van der Waals surface area contributed by atoms with Gasteiger partial charge in [-0.2, -0.15) is 4.39 Å². The highest BCUT2D eigenvalue weighted by molar-refractivity contribution is 6.48. The second-order valence-electron chi connectivity index (χ2n) is 3.97. The molecular weight excluding hydrogens is 328 g/mol. The van der Waals surface area contributed by atoms with Crippen molar-refractivity contribution in [2.75, 3.05) is 0 Å². The molecule has 1 aromatic heterocycles. The molecule has 0 bridgehead atoms. The van der Waals surface area contributed by atoms with Gasteiger partial charge in [0.25, 0.3) is 0 Å². The number of halogens is 4. The molecule has 7 heteroatoms. The van der Waals surface area contributed by atoms with E-state index in [0.717, 1.165) is 0 Å². The van der Waals surface area contributed by atoms with E-state index in [2.05, 4.69) is 4.98 Å². The molecule has 0 aliphatic rings. The van der Waals surface area contributed by atoms with E-state index >= 15 is 0 Å². The summed E-state index contributed by atoms with van der Waals surface area (Å²) < 4.78 is 13.7. The predicted molar refractivity (Wildman–Crippen MR) is 76.0 cm³/mol. The third-order valence-corrected chi connectivity index (χ3v) is 3.74. The molecule has 0 atom stereocenters. The van der Waals surface area contributed by atoms with Gasteiger partial charge in [-0.3, -0.25) is 4.79 Å². The summed E-state index contributed by atoms with van der Waals surface area (Å²) in [4.78, 5) is 14.3. The van der Waals surface area contributed by atoms with Gasteiger partial charge in [-0.25, -0.2) is 4.98 Å². The van der Waals surface area contributed by atoms with Crippen molar-refractivity contribution in [2.45, 2.75) is 6.42 Å². The summed E-state index contributed by atoms with van der Waals surface area (Å²) in [6.07, 6.45) is -0.429. The minimum absolute atomic E-state index is 0.00686. The summed E-state index contributed by atoms with van der Waals surface area (Å²) in [6, 6.07) is 5.88. The number of hydrogen-bond donors (Lipinski definition) is 1. The van der Waals surface area contributed by atoms with E-state index in [-0.39, 0.29) is 26.3 Å². The summed E-state index contributed by atoms with van der Waals surface area (Å²) in [5, 5.41) is 9.30. The Hall–Kier alpha value is -1.36. The zero-order chi connectivity index (χ0) is 14.9. The van der Waals surface area contributed by atoms with Gasteiger partial charge >= 0.3 is 5.97 Å².